The van der Waals surface area contributed by atoms with Crippen LogP contribution in [-0.4, -0.2) is 161 Å². The minimum Gasteiger partial charge on any atom is -0.324 e. The highest BCUT2D eigenvalue weighted by atomic mass is 15.7. The van der Waals surface area contributed by atoms with Crippen LogP contribution in [0.1, 0.15) is 34.3 Å². The van der Waals surface area contributed by atoms with Gasteiger partial charge >= 0.3 is 0 Å². The van der Waals surface area contributed by atoms with Gasteiger partial charge in [0.2, 0.25) is 0 Å². The molecule has 6 aliphatic rings. The van der Waals surface area contributed by atoms with Crippen LogP contribution in [0.2, 0.25) is 0 Å². The Morgan fingerprint density at radius 1 is 0.228 bits per heavy atom. The van der Waals surface area contributed by atoms with Crippen molar-refractivity contribution >= 4 is 167 Å². The van der Waals surface area contributed by atoms with Crippen molar-refractivity contribution in [1.29, 1.82) is 0 Å². The van der Waals surface area contributed by atoms with E-state index in [1.54, 1.807) is 38.3 Å². The van der Waals surface area contributed by atoms with Crippen LogP contribution in [0.4, 0.5) is 22.7 Å². The molecule has 40 heteroatoms. The molecular formula is C96H62N40. The van der Waals surface area contributed by atoms with Gasteiger partial charge < -0.3 is 9.97 Å². The predicted molar refractivity (Wildman–Crippen MR) is 513 cm³/mol. The van der Waals surface area contributed by atoms with Crippen LogP contribution in [0.25, 0.3) is 189 Å². The van der Waals surface area contributed by atoms with Gasteiger partial charge in [-0.1, -0.05) is 194 Å². The zero-order valence-electron chi connectivity index (χ0n) is 70.4. The Kier molecular flexibility index (Phi) is 15.7. The van der Waals surface area contributed by atoms with E-state index in [1.807, 2.05) is 267 Å². The van der Waals surface area contributed by atoms with Gasteiger partial charge in [0.15, 0.2) is 23.3 Å². The second-order valence-electron chi connectivity index (χ2n) is 33.3. The molecule has 4 unspecified atom stereocenters. The lowest BCUT2D eigenvalue weighted by Crippen LogP contribution is -2.34. The van der Waals surface area contributed by atoms with Crippen molar-refractivity contribution in [2.45, 2.75) is 12.1 Å². The summed E-state index contributed by atoms with van der Waals surface area (Å²) in [5.74, 6) is -0.493. The molecule has 4 aliphatic carbocycles. The van der Waals surface area contributed by atoms with Crippen molar-refractivity contribution in [2.75, 3.05) is 43.4 Å². The lowest BCUT2D eigenvalue weighted by Gasteiger charge is -2.35. The topological polar surface area (TPSA) is 451 Å². The Labute approximate surface area is 760 Å². The number of para-hydroxylation sites is 8. The molecule has 0 radical (unpaired) electrons. The molecule has 646 valence electrons. The molecule has 2 aliphatic heterocycles. The summed E-state index contributed by atoms with van der Waals surface area (Å²) in [7, 11) is 0. The molecule has 29 rings (SSSR count). The summed E-state index contributed by atoms with van der Waals surface area (Å²) in [6.45, 7) is 0. The molecule has 0 spiro atoms. The third-order valence-corrected chi connectivity index (χ3v) is 25.8. The summed E-state index contributed by atoms with van der Waals surface area (Å²) < 4.78 is 0. The SMILES string of the molecule is C1=CC2=C(Nn3nnc4ccccc43)c3c(c4nc5nc(nc6[nH]c(nc7nc(nc3[nH]4)-c3c-7c(Nn4nnc7ccccc74)c4ccccc4c3Nn3nnc4ccccc43)c3c6C(Nn4nnc6ccccc64)=C4C=CC=CC4C3Nn3nnc4ccccc43)-c3c-5c(Nn4nnc5ccccc54)c4ccccc4c3Nn3nnc4ccccc43)C(Nn3nnc4ccccc43)C2C=C1. The number of rotatable bonds is 16. The molecule has 0 saturated carbocycles. The molecule has 40 nitrogen and oxygen atoms in total. The maximum absolute atomic E-state index is 6.18. The van der Waals surface area contributed by atoms with E-state index in [-0.39, 0.29) is 45.9 Å². The summed E-state index contributed by atoms with van der Waals surface area (Å²) in [6.07, 6.45) is 16.6. The van der Waals surface area contributed by atoms with Crippen LogP contribution in [0.5, 0.6) is 0 Å². The molecule has 13 heterocycles. The largest absolute Gasteiger partial charge is 0.324 e. The first kappa shape index (κ1) is 74.0. The molecule has 12 aromatic carbocycles. The molecule has 8 bridgehead atoms. The van der Waals surface area contributed by atoms with Gasteiger partial charge in [0.1, 0.15) is 111 Å². The fraction of sp³-hybridized carbons (Fsp3) is 0.0417. The van der Waals surface area contributed by atoms with E-state index in [9.17, 15) is 0 Å². The average Bonchev–Trinajstić information content (AvgIpc) is 1.54. The van der Waals surface area contributed by atoms with E-state index in [2.05, 4.69) is 77.7 Å². The van der Waals surface area contributed by atoms with Gasteiger partial charge in [-0.3, -0.25) is 43.4 Å². The Balaban J connectivity index is 0.822. The zero-order chi connectivity index (χ0) is 88.9. The van der Waals surface area contributed by atoms with Gasteiger partial charge in [-0.2, -0.15) is 38.3 Å². The maximum atomic E-state index is 6.18. The fourth-order valence-corrected chi connectivity index (χ4v) is 19.8. The summed E-state index contributed by atoms with van der Waals surface area (Å²) in [5, 5.41) is 79.6. The monoisotopic (exact) mass is 1770 g/mol. The Hall–Kier alpha value is -20.0. The van der Waals surface area contributed by atoms with Crippen molar-refractivity contribution in [3.05, 3.63) is 325 Å². The Bertz CT molecular complexity index is 8960. The normalized spacial score (nSPS) is 15.8. The first-order valence-corrected chi connectivity index (χ1v) is 43.7. The summed E-state index contributed by atoms with van der Waals surface area (Å²) in [6, 6.07) is 76.6. The van der Waals surface area contributed by atoms with Crippen LogP contribution in [-0.2, 0) is 0 Å². The predicted octanol–water partition coefficient (Wildman–Crippen LogP) is 14.3. The summed E-state index contributed by atoms with van der Waals surface area (Å²) >= 11 is 0. The van der Waals surface area contributed by atoms with Crippen LogP contribution < -0.4 is 43.4 Å². The molecule has 0 amide bonds. The third kappa shape index (κ3) is 11.2. The summed E-state index contributed by atoms with van der Waals surface area (Å²) in [5.41, 5.74) is 51.3. The number of allylic oxidation sites excluding steroid dienone is 6. The number of nitrogens with zero attached hydrogens (tertiary/aromatic N) is 30. The van der Waals surface area contributed by atoms with Gasteiger partial charge in [-0.25, -0.2) is 29.9 Å². The number of hydrogen-bond donors (Lipinski definition) is 10. The third-order valence-electron chi connectivity index (χ3n) is 25.8. The molecule has 11 aromatic heterocycles. The minimum atomic E-state index is -0.822. The van der Waals surface area contributed by atoms with Crippen molar-refractivity contribution in [2.24, 2.45) is 11.8 Å². The lowest BCUT2D eigenvalue weighted by molar-refractivity contribution is 0.542. The van der Waals surface area contributed by atoms with E-state index >= 15 is 0 Å². The molecule has 0 fully saturated rings. The quantitative estimate of drug-likeness (QED) is 0.0402. The number of aromatic amines is 2. The number of hydrogen-bond acceptors (Lipinski definition) is 30. The van der Waals surface area contributed by atoms with Gasteiger partial charge in [0.05, 0.1) is 79.6 Å². The van der Waals surface area contributed by atoms with Crippen LogP contribution in [0.3, 0.4) is 0 Å². The van der Waals surface area contributed by atoms with Crippen molar-refractivity contribution in [3.63, 3.8) is 0 Å². The van der Waals surface area contributed by atoms with E-state index in [0.29, 0.717) is 188 Å². The Morgan fingerprint density at radius 2 is 0.463 bits per heavy atom. The number of benzene rings is 12. The van der Waals surface area contributed by atoms with E-state index < -0.39 is 23.9 Å². The standard InChI is InChI=1S/C96H62N40/c1-2-26-50-49(25-1)81(113-129-65-41-17-9-33-57(65)105-121-129)73-74(82(50)114-130-66-42-18-10-34-58(66)106-122-130)90-97-89(73)101-91-75-76(84(116-132-68-44-20-12-36-60(68)108-124-132)52-28-4-3-27-51(52)83(75)115-131-67-43-19-11-35-59(67)107-123-131)93(98-91)103-95-79-80(88(120-136-72-48-24-16-40-64(72)112-128-136)56-32-8-7-31-55(56)87(79)119-135-71-47-23-15-39-63(71)111-127-135)96(100-95)104-94-78-77(92(99-94)102-90)85(117-133-69-45-21-13-37-61(69)109-125-133)53-29-5-6-30-54(53)86(78)118-134-70-46-22-14-38-62(70)110-126-134/h1-49,56,81,88,113-120H,(H2,97,98,99,100,101,102,103,104). The number of nitrogens with one attached hydrogen (secondary N) is 10. The van der Waals surface area contributed by atoms with E-state index in [1.165, 1.54) is 0 Å². The van der Waals surface area contributed by atoms with Gasteiger partial charge in [-0.15, -0.1) is 40.8 Å². The first-order valence-electron chi connectivity index (χ1n) is 43.7. The first-order chi connectivity index (χ1) is 67.4. The van der Waals surface area contributed by atoms with Crippen LogP contribution in [0, 0.1) is 11.8 Å². The molecular weight excluding hydrogens is 1710 g/mol. The highest BCUT2D eigenvalue weighted by Crippen LogP contribution is 2.56. The van der Waals surface area contributed by atoms with Crippen LogP contribution in [0.15, 0.2) is 302 Å². The van der Waals surface area contributed by atoms with Crippen molar-refractivity contribution in [3.8, 4) is 45.6 Å². The second-order valence-corrected chi connectivity index (χ2v) is 33.3. The van der Waals surface area contributed by atoms with Gasteiger partial charge in [-0.05, 0) is 150 Å². The van der Waals surface area contributed by atoms with Gasteiger partial charge in [0.25, 0.3) is 0 Å². The molecule has 136 heavy (non-hydrogen) atoms. The molecule has 4 atom stereocenters. The maximum Gasteiger partial charge on any atom is 0.167 e. The smallest absolute Gasteiger partial charge is 0.167 e. The number of aromatic nitrogens is 32. The number of H-pyrrole nitrogens is 2. The average molecular weight is 1780 g/mol. The van der Waals surface area contributed by atoms with E-state index in [4.69, 9.17) is 112 Å². The number of anilines is 4. The highest BCUT2D eigenvalue weighted by Gasteiger charge is 2.44. The van der Waals surface area contributed by atoms with E-state index in [0.717, 1.165) is 11.1 Å². The zero-order valence-corrected chi connectivity index (χ0v) is 70.4. The summed E-state index contributed by atoms with van der Waals surface area (Å²) in [4.78, 5) is 58.1. The van der Waals surface area contributed by atoms with Crippen molar-refractivity contribution < 1.29 is 0 Å². The molecule has 23 aromatic rings. The lowest BCUT2D eigenvalue weighted by atomic mass is 9.77. The fourth-order valence-electron chi connectivity index (χ4n) is 19.8. The minimum absolute atomic E-state index is 0.148. The molecule has 10 N–H and O–H groups in total. The number of fused-ring (bicyclic) bond motifs is 32. The molecule has 0 saturated heterocycles. The van der Waals surface area contributed by atoms with Crippen LogP contribution >= 0.6 is 0 Å². The van der Waals surface area contributed by atoms with Gasteiger partial charge in [0, 0.05) is 44.5 Å². The Morgan fingerprint density at radius 3 is 0.743 bits per heavy atom. The second kappa shape index (κ2) is 28.8. The van der Waals surface area contributed by atoms with Crippen molar-refractivity contribution in [1.82, 2.24) is 161 Å². The highest BCUT2D eigenvalue weighted by molar-refractivity contribution is 6.18.